The number of hydrogen-bond acceptors (Lipinski definition) is 5. The lowest BCUT2D eigenvalue weighted by atomic mass is 10.3. The minimum atomic E-state index is -0.543. The van der Waals surface area contributed by atoms with E-state index in [9.17, 15) is 14.4 Å². The van der Waals surface area contributed by atoms with E-state index >= 15 is 0 Å². The molecule has 0 aliphatic heterocycles. The van der Waals surface area contributed by atoms with Gasteiger partial charge >= 0.3 is 18.0 Å². The number of nitrogens with one attached hydrogen (secondary N) is 1. The van der Waals surface area contributed by atoms with Crippen molar-refractivity contribution in [2.45, 2.75) is 26.3 Å². The summed E-state index contributed by atoms with van der Waals surface area (Å²) >= 11 is 0. The molecule has 104 valence electrons. The quantitative estimate of drug-likeness (QED) is 0.687. The van der Waals surface area contributed by atoms with Gasteiger partial charge in [0.25, 0.3) is 0 Å². The van der Waals surface area contributed by atoms with E-state index in [1.165, 1.54) is 19.1 Å². The fourth-order valence-corrected chi connectivity index (χ4v) is 1.14. The van der Waals surface area contributed by atoms with Crippen LogP contribution in [0.2, 0.25) is 0 Å². The van der Waals surface area contributed by atoms with Crippen LogP contribution >= 0.6 is 0 Å². The molecule has 0 aromatic rings. The van der Waals surface area contributed by atoms with E-state index in [1.54, 1.807) is 13.8 Å². The first-order chi connectivity index (χ1) is 8.40. The standard InChI is InChI=1S/C11H20N2O5/c1-8(2)12-11(16)13(7-10(15)18-4)6-5-9(14)17-3/h8H,5-7H2,1-4H3,(H,12,16). The lowest BCUT2D eigenvalue weighted by Crippen LogP contribution is -2.46. The second kappa shape index (κ2) is 8.32. The summed E-state index contributed by atoms with van der Waals surface area (Å²) in [5.74, 6) is -0.985. The first kappa shape index (κ1) is 16.2. The molecule has 7 heteroatoms. The molecule has 2 amide bonds. The number of methoxy groups -OCH3 is 2. The fraction of sp³-hybridized carbons (Fsp3) is 0.727. The molecule has 0 spiro atoms. The van der Waals surface area contributed by atoms with Crippen molar-refractivity contribution in [3.63, 3.8) is 0 Å². The Balaban J connectivity index is 4.45. The van der Waals surface area contributed by atoms with Gasteiger partial charge in [0, 0.05) is 12.6 Å². The lowest BCUT2D eigenvalue weighted by molar-refractivity contribution is -0.143. The molecule has 0 heterocycles. The highest BCUT2D eigenvalue weighted by Gasteiger charge is 2.19. The third-order valence-electron chi connectivity index (χ3n) is 2.06. The Morgan fingerprint density at radius 3 is 2.11 bits per heavy atom. The van der Waals surface area contributed by atoms with E-state index in [0.717, 1.165) is 0 Å². The Morgan fingerprint density at radius 2 is 1.67 bits per heavy atom. The Morgan fingerprint density at radius 1 is 1.11 bits per heavy atom. The molecule has 7 nitrogen and oxygen atoms in total. The van der Waals surface area contributed by atoms with E-state index in [0.29, 0.717) is 0 Å². The maximum Gasteiger partial charge on any atom is 0.325 e. The number of ether oxygens (including phenoxy) is 2. The van der Waals surface area contributed by atoms with Gasteiger partial charge in [-0.15, -0.1) is 0 Å². The minimum Gasteiger partial charge on any atom is -0.469 e. The molecule has 1 N–H and O–H groups in total. The van der Waals surface area contributed by atoms with Gasteiger partial charge in [0.2, 0.25) is 0 Å². The lowest BCUT2D eigenvalue weighted by Gasteiger charge is -2.22. The molecule has 0 aromatic carbocycles. The van der Waals surface area contributed by atoms with Gasteiger partial charge in [-0.3, -0.25) is 9.59 Å². The minimum absolute atomic E-state index is 0.0268. The van der Waals surface area contributed by atoms with Crippen LogP contribution in [0.5, 0.6) is 0 Å². The van der Waals surface area contributed by atoms with Gasteiger partial charge in [-0.25, -0.2) is 4.79 Å². The van der Waals surface area contributed by atoms with E-state index in [4.69, 9.17) is 0 Å². The Bertz CT molecular complexity index is 304. The third kappa shape index (κ3) is 6.72. The first-order valence-corrected chi connectivity index (χ1v) is 5.59. The molecule has 0 unspecified atom stereocenters. The summed E-state index contributed by atoms with van der Waals surface area (Å²) in [6.07, 6.45) is 0.0268. The summed E-state index contributed by atoms with van der Waals surface area (Å²) in [4.78, 5) is 35.2. The van der Waals surface area contributed by atoms with E-state index in [2.05, 4.69) is 14.8 Å². The molecule has 0 rings (SSSR count). The highest BCUT2D eigenvalue weighted by Crippen LogP contribution is 1.97. The van der Waals surface area contributed by atoms with Crippen molar-refractivity contribution in [1.82, 2.24) is 10.2 Å². The summed E-state index contributed by atoms with van der Waals surface area (Å²) in [5, 5.41) is 2.64. The molecule has 0 aliphatic rings. The summed E-state index contributed by atoms with van der Waals surface area (Å²) in [5.41, 5.74) is 0. The van der Waals surface area contributed by atoms with Crippen molar-refractivity contribution in [3.8, 4) is 0 Å². The summed E-state index contributed by atoms with van der Waals surface area (Å²) in [6, 6.07) is -0.477. The molecule has 18 heavy (non-hydrogen) atoms. The predicted molar refractivity (Wildman–Crippen MR) is 63.9 cm³/mol. The van der Waals surface area contributed by atoms with Crippen molar-refractivity contribution in [2.24, 2.45) is 0 Å². The summed E-state index contributed by atoms with van der Waals surface area (Å²) < 4.78 is 8.97. The summed E-state index contributed by atoms with van der Waals surface area (Å²) in [7, 11) is 2.50. The average Bonchev–Trinajstić information content (AvgIpc) is 2.32. The van der Waals surface area contributed by atoms with Crippen LogP contribution in [-0.2, 0) is 19.1 Å². The number of hydrogen-bond donors (Lipinski definition) is 1. The van der Waals surface area contributed by atoms with E-state index in [1.807, 2.05) is 0 Å². The van der Waals surface area contributed by atoms with Crippen LogP contribution in [0.15, 0.2) is 0 Å². The van der Waals surface area contributed by atoms with Crippen LogP contribution in [0, 0.1) is 0 Å². The second-order valence-electron chi connectivity index (χ2n) is 3.93. The van der Waals surface area contributed by atoms with Gasteiger partial charge in [0.05, 0.1) is 20.6 Å². The maximum absolute atomic E-state index is 11.8. The highest BCUT2D eigenvalue weighted by molar-refractivity contribution is 5.81. The molecule has 0 bridgehead atoms. The monoisotopic (exact) mass is 260 g/mol. The largest absolute Gasteiger partial charge is 0.469 e. The molecule has 0 fully saturated rings. The molecule has 0 atom stereocenters. The number of carbonyl (C=O) groups excluding carboxylic acids is 3. The summed E-state index contributed by atoms with van der Waals surface area (Å²) in [6.45, 7) is 3.50. The van der Waals surface area contributed by atoms with Crippen molar-refractivity contribution in [2.75, 3.05) is 27.3 Å². The topological polar surface area (TPSA) is 84.9 Å². The molecule has 0 aliphatic carbocycles. The zero-order chi connectivity index (χ0) is 14.1. The van der Waals surface area contributed by atoms with Crippen molar-refractivity contribution >= 4 is 18.0 Å². The number of urea groups is 1. The number of rotatable bonds is 6. The number of carbonyl (C=O) groups is 3. The van der Waals surface area contributed by atoms with Gasteiger partial charge in [0.1, 0.15) is 6.54 Å². The maximum atomic E-state index is 11.8. The van der Waals surface area contributed by atoms with Crippen molar-refractivity contribution in [1.29, 1.82) is 0 Å². The van der Waals surface area contributed by atoms with E-state index < -0.39 is 18.0 Å². The van der Waals surface area contributed by atoms with Crippen LogP contribution in [0.25, 0.3) is 0 Å². The number of amides is 2. The molecule has 0 saturated heterocycles. The van der Waals surface area contributed by atoms with Crippen LogP contribution < -0.4 is 5.32 Å². The van der Waals surface area contributed by atoms with Crippen molar-refractivity contribution in [3.05, 3.63) is 0 Å². The zero-order valence-electron chi connectivity index (χ0n) is 11.2. The Labute approximate surface area is 106 Å². The first-order valence-electron chi connectivity index (χ1n) is 5.59. The molecular weight excluding hydrogens is 240 g/mol. The normalized spacial score (nSPS) is 9.83. The average molecular weight is 260 g/mol. The van der Waals surface area contributed by atoms with Crippen LogP contribution in [0.1, 0.15) is 20.3 Å². The van der Waals surface area contributed by atoms with Crippen molar-refractivity contribution < 1.29 is 23.9 Å². The van der Waals surface area contributed by atoms with Crippen LogP contribution in [0.4, 0.5) is 4.79 Å². The van der Waals surface area contributed by atoms with Gasteiger partial charge in [-0.2, -0.15) is 0 Å². The molecule has 0 saturated carbocycles. The Kier molecular flexibility index (Phi) is 7.50. The fourth-order valence-electron chi connectivity index (χ4n) is 1.14. The number of nitrogens with zero attached hydrogens (tertiary/aromatic N) is 1. The zero-order valence-corrected chi connectivity index (χ0v) is 11.2. The van der Waals surface area contributed by atoms with E-state index in [-0.39, 0.29) is 25.6 Å². The number of esters is 2. The molecular formula is C11H20N2O5. The van der Waals surface area contributed by atoms with Gasteiger partial charge in [-0.05, 0) is 13.8 Å². The third-order valence-corrected chi connectivity index (χ3v) is 2.06. The van der Waals surface area contributed by atoms with Gasteiger partial charge in [0.15, 0.2) is 0 Å². The molecule has 0 aromatic heterocycles. The second-order valence-corrected chi connectivity index (χ2v) is 3.93. The highest BCUT2D eigenvalue weighted by atomic mass is 16.5. The van der Waals surface area contributed by atoms with Gasteiger partial charge in [-0.1, -0.05) is 0 Å². The SMILES string of the molecule is COC(=O)CCN(CC(=O)OC)C(=O)NC(C)C. The van der Waals surface area contributed by atoms with Crippen LogP contribution in [-0.4, -0.2) is 56.2 Å². The molecule has 0 radical (unpaired) electrons. The van der Waals surface area contributed by atoms with Crippen LogP contribution in [0.3, 0.4) is 0 Å². The smallest absolute Gasteiger partial charge is 0.325 e. The Hall–Kier alpha value is -1.79. The van der Waals surface area contributed by atoms with Gasteiger partial charge < -0.3 is 19.7 Å². The predicted octanol–water partition coefficient (Wildman–Crippen LogP) is 0.143.